The highest BCUT2D eigenvalue weighted by molar-refractivity contribution is 8.00. The molecule has 0 aliphatic heterocycles. The predicted octanol–water partition coefficient (Wildman–Crippen LogP) is 1.96. The zero-order chi connectivity index (χ0) is 15.7. The third-order valence-electron chi connectivity index (χ3n) is 3.26. The molecule has 114 valence electrons. The van der Waals surface area contributed by atoms with E-state index in [9.17, 15) is 9.59 Å². The van der Waals surface area contributed by atoms with E-state index >= 15 is 0 Å². The first kappa shape index (κ1) is 14.9. The van der Waals surface area contributed by atoms with Crippen molar-refractivity contribution in [2.24, 2.45) is 0 Å². The van der Waals surface area contributed by atoms with Gasteiger partial charge in [-0.15, -0.1) is 16.4 Å². The van der Waals surface area contributed by atoms with E-state index in [-0.39, 0.29) is 17.6 Å². The molecule has 0 spiro atoms. The number of hydrogen-bond acceptors (Lipinski definition) is 6. The topological polar surface area (TPSA) is 104 Å². The van der Waals surface area contributed by atoms with Gasteiger partial charge in [0.2, 0.25) is 5.91 Å². The Bertz CT molecular complexity index is 796. The second-order valence-electron chi connectivity index (χ2n) is 4.94. The van der Waals surface area contributed by atoms with E-state index in [2.05, 4.69) is 15.5 Å². The average Bonchev–Trinajstić information content (AvgIpc) is 3.12. The van der Waals surface area contributed by atoms with Crippen molar-refractivity contribution in [3.05, 3.63) is 27.5 Å². The van der Waals surface area contributed by atoms with E-state index in [1.54, 1.807) is 22.9 Å². The highest BCUT2D eigenvalue weighted by Gasteiger charge is 2.30. The van der Waals surface area contributed by atoms with E-state index in [1.165, 1.54) is 23.1 Å². The number of carbonyl (C=O) groups excluding carboxylic acids is 1. The summed E-state index contributed by atoms with van der Waals surface area (Å²) in [4.78, 5) is 23.9. The van der Waals surface area contributed by atoms with Gasteiger partial charge >= 0.3 is 5.69 Å². The first-order chi connectivity index (χ1) is 10.6. The van der Waals surface area contributed by atoms with Gasteiger partial charge in [0.1, 0.15) is 11.1 Å². The van der Waals surface area contributed by atoms with Gasteiger partial charge in [0.05, 0.1) is 10.8 Å². The highest BCUT2D eigenvalue weighted by Crippen LogP contribution is 2.37. The Morgan fingerprint density at radius 3 is 3.14 bits per heavy atom. The Kier molecular flexibility index (Phi) is 4.04. The first-order valence-corrected chi connectivity index (χ1v) is 8.48. The number of nitrogens with one attached hydrogen (secondary N) is 2. The van der Waals surface area contributed by atoms with E-state index in [0.29, 0.717) is 15.7 Å². The SMILES string of the molecule is C[C@@H](Sc1n[nH]c(=O)n1C1CC1)C(=O)Nc1sccc1C#N. The molecule has 0 saturated heterocycles. The molecule has 3 rings (SSSR count). The van der Waals surface area contributed by atoms with Gasteiger partial charge in [0.15, 0.2) is 5.16 Å². The Labute approximate surface area is 134 Å². The van der Waals surface area contributed by atoms with Crippen LogP contribution < -0.4 is 11.0 Å². The van der Waals surface area contributed by atoms with Gasteiger partial charge in [-0.2, -0.15) is 5.26 Å². The van der Waals surface area contributed by atoms with Crippen molar-refractivity contribution < 1.29 is 4.79 Å². The predicted molar refractivity (Wildman–Crippen MR) is 84.1 cm³/mol. The maximum Gasteiger partial charge on any atom is 0.344 e. The molecule has 2 aromatic heterocycles. The smallest absolute Gasteiger partial charge is 0.316 e. The van der Waals surface area contributed by atoms with E-state index < -0.39 is 5.25 Å². The summed E-state index contributed by atoms with van der Waals surface area (Å²) in [6, 6.07) is 3.90. The number of anilines is 1. The lowest BCUT2D eigenvalue weighted by Gasteiger charge is -2.11. The van der Waals surface area contributed by atoms with Gasteiger partial charge in [0.25, 0.3) is 0 Å². The van der Waals surface area contributed by atoms with Gasteiger partial charge in [-0.05, 0) is 31.2 Å². The zero-order valence-electron chi connectivity index (χ0n) is 11.7. The molecule has 0 unspecified atom stereocenters. The summed E-state index contributed by atoms with van der Waals surface area (Å²) in [6.45, 7) is 1.75. The minimum Gasteiger partial charge on any atom is -0.316 e. The molecule has 0 aromatic carbocycles. The van der Waals surface area contributed by atoms with E-state index in [0.717, 1.165) is 12.8 Å². The fourth-order valence-electron chi connectivity index (χ4n) is 1.95. The lowest BCUT2D eigenvalue weighted by atomic mass is 10.3. The molecule has 0 bridgehead atoms. The third kappa shape index (κ3) is 2.93. The number of rotatable bonds is 5. The average molecular weight is 335 g/mol. The molecule has 2 aromatic rings. The third-order valence-corrected chi connectivity index (χ3v) is 5.15. The minimum absolute atomic E-state index is 0.200. The van der Waals surface area contributed by atoms with Gasteiger partial charge < -0.3 is 5.32 Å². The summed E-state index contributed by atoms with van der Waals surface area (Å²) in [5.41, 5.74) is 0.216. The summed E-state index contributed by atoms with van der Waals surface area (Å²) >= 11 is 2.54. The molecule has 1 fully saturated rings. The van der Waals surface area contributed by atoms with Crippen LogP contribution in [0.4, 0.5) is 5.00 Å². The number of nitriles is 1. The van der Waals surface area contributed by atoms with Crippen molar-refractivity contribution in [1.29, 1.82) is 5.26 Å². The number of aromatic nitrogens is 3. The molecule has 1 aliphatic carbocycles. The first-order valence-electron chi connectivity index (χ1n) is 6.72. The van der Waals surface area contributed by atoms with Crippen molar-refractivity contribution >= 4 is 34.0 Å². The molecular weight excluding hydrogens is 322 g/mol. The van der Waals surface area contributed by atoms with E-state index in [4.69, 9.17) is 5.26 Å². The highest BCUT2D eigenvalue weighted by atomic mass is 32.2. The number of hydrogen-bond donors (Lipinski definition) is 2. The fourth-order valence-corrected chi connectivity index (χ4v) is 3.61. The van der Waals surface area contributed by atoms with Crippen LogP contribution >= 0.6 is 23.1 Å². The molecular formula is C13H13N5O2S2. The standard InChI is InChI=1S/C13H13N5O2S2/c1-7(10(19)15-11-8(6-14)4-5-21-11)22-13-17-16-12(20)18(13)9-2-3-9/h4-5,7,9H,2-3H2,1H3,(H,15,19)(H,16,20)/t7-/m1/s1. The Hall–Kier alpha value is -2.05. The fraction of sp³-hybridized carbons (Fsp3) is 0.385. The monoisotopic (exact) mass is 335 g/mol. The molecule has 2 heterocycles. The van der Waals surface area contributed by atoms with Crippen molar-refractivity contribution in [1.82, 2.24) is 14.8 Å². The number of thiophene rings is 1. The number of thioether (sulfide) groups is 1. The zero-order valence-corrected chi connectivity index (χ0v) is 13.3. The quantitative estimate of drug-likeness (QED) is 0.813. The largest absolute Gasteiger partial charge is 0.344 e. The molecule has 0 radical (unpaired) electrons. The maximum atomic E-state index is 12.2. The molecule has 1 saturated carbocycles. The molecule has 1 atom stereocenters. The summed E-state index contributed by atoms with van der Waals surface area (Å²) in [5, 5.41) is 20.5. The minimum atomic E-state index is -0.429. The van der Waals surface area contributed by atoms with Crippen LogP contribution in [0, 0.1) is 11.3 Å². The Balaban J connectivity index is 1.69. The van der Waals surface area contributed by atoms with Gasteiger partial charge in [-0.25, -0.2) is 9.89 Å². The second kappa shape index (κ2) is 5.98. The molecule has 22 heavy (non-hydrogen) atoms. The van der Waals surface area contributed by atoms with Crippen LogP contribution in [0.25, 0.3) is 0 Å². The van der Waals surface area contributed by atoms with Crippen LogP contribution in [0.15, 0.2) is 21.4 Å². The van der Waals surface area contributed by atoms with Crippen LogP contribution in [0.3, 0.4) is 0 Å². The normalized spacial score (nSPS) is 15.3. The van der Waals surface area contributed by atoms with Crippen LogP contribution in [-0.2, 0) is 4.79 Å². The maximum absolute atomic E-state index is 12.2. The summed E-state index contributed by atoms with van der Waals surface area (Å²) in [7, 11) is 0. The molecule has 7 nitrogen and oxygen atoms in total. The lowest BCUT2D eigenvalue weighted by Crippen LogP contribution is -2.23. The molecule has 1 aliphatic rings. The molecule has 2 N–H and O–H groups in total. The van der Waals surface area contributed by atoms with Crippen LogP contribution in [-0.4, -0.2) is 25.9 Å². The number of H-pyrrole nitrogens is 1. The summed E-state index contributed by atoms with van der Waals surface area (Å²) < 4.78 is 1.61. The van der Waals surface area contributed by atoms with Crippen LogP contribution in [0.5, 0.6) is 0 Å². The Morgan fingerprint density at radius 2 is 2.45 bits per heavy atom. The lowest BCUT2D eigenvalue weighted by molar-refractivity contribution is -0.115. The summed E-state index contributed by atoms with van der Waals surface area (Å²) in [6.07, 6.45) is 1.93. The van der Waals surface area contributed by atoms with Crippen molar-refractivity contribution in [3.8, 4) is 6.07 Å². The number of aromatic amines is 1. The van der Waals surface area contributed by atoms with Gasteiger partial charge in [0, 0.05) is 6.04 Å². The molecule has 9 heteroatoms. The molecule has 1 amide bonds. The van der Waals surface area contributed by atoms with Crippen LogP contribution in [0.2, 0.25) is 0 Å². The van der Waals surface area contributed by atoms with Gasteiger partial charge in [-0.1, -0.05) is 11.8 Å². The second-order valence-corrected chi connectivity index (χ2v) is 7.16. The van der Waals surface area contributed by atoms with Crippen molar-refractivity contribution in [3.63, 3.8) is 0 Å². The number of carbonyl (C=O) groups is 1. The van der Waals surface area contributed by atoms with Crippen molar-refractivity contribution in [2.45, 2.75) is 36.2 Å². The van der Waals surface area contributed by atoms with Crippen LogP contribution in [0.1, 0.15) is 31.4 Å². The number of amides is 1. The van der Waals surface area contributed by atoms with E-state index in [1.807, 2.05) is 6.07 Å². The number of nitrogens with zero attached hydrogens (tertiary/aromatic N) is 3. The van der Waals surface area contributed by atoms with Gasteiger partial charge in [-0.3, -0.25) is 9.36 Å². The summed E-state index contributed by atoms with van der Waals surface area (Å²) in [5.74, 6) is -0.221. The van der Waals surface area contributed by atoms with Crippen molar-refractivity contribution in [2.75, 3.05) is 5.32 Å². The Morgan fingerprint density at radius 1 is 1.68 bits per heavy atom.